The first-order valence-electron chi connectivity index (χ1n) is 9.43. The molecule has 7 heteroatoms. The second-order valence-electron chi connectivity index (χ2n) is 6.39. The number of carbonyl (C=O) groups is 1. The molecule has 0 aliphatic carbocycles. The molecule has 0 spiro atoms. The van der Waals surface area contributed by atoms with Gasteiger partial charge in [-0.3, -0.25) is 0 Å². The molecule has 0 saturated carbocycles. The van der Waals surface area contributed by atoms with Gasteiger partial charge < -0.3 is 24.8 Å². The lowest BCUT2D eigenvalue weighted by molar-refractivity contribution is 0.0597. The Labute approximate surface area is 172 Å². The minimum absolute atomic E-state index is 0.388. The van der Waals surface area contributed by atoms with E-state index >= 15 is 0 Å². The zero-order valence-corrected chi connectivity index (χ0v) is 17.7. The molecule has 0 amide bonds. The van der Waals surface area contributed by atoms with E-state index in [1.807, 2.05) is 32.0 Å². The summed E-state index contributed by atoms with van der Waals surface area (Å²) in [7, 11) is 4.54. The third kappa shape index (κ3) is 6.14. The number of carbonyl (C=O) groups excluding carboxylic acids is 1. The zero-order chi connectivity index (χ0) is 21.2. The van der Waals surface area contributed by atoms with E-state index in [0.717, 1.165) is 29.0 Å². The van der Waals surface area contributed by atoms with Crippen LogP contribution in [0, 0.1) is 6.92 Å². The molecule has 2 rings (SSSR count). The maximum atomic E-state index is 11.8. The molecule has 0 radical (unpaired) electrons. The number of methoxy groups -OCH3 is 3. The Bertz CT molecular complexity index is 865. The van der Waals surface area contributed by atoms with Gasteiger partial charge in [0.1, 0.15) is 17.1 Å². The van der Waals surface area contributed by atoms with Crippen LogP contribution in [0.1, 0.15) is 34.0 Å². The van der Waals surface area contributed by atoms with Gasteiger partial charge in [-0.15, -0.1) is 0 Å². The van der Waals surface area contributed by atoms with Gasteiger partial charge in [0, 0.05) is 18.7 Å². The van der Waals surface area contributed by atoms with Gasteiger partial charge in [0.2, 0.25) is 0 Å². The van der Waals surface area contributed by atoms with Crippen LogP contribution in [-0.4, -0.2) is 39.8 Å². The summed E-state index contributed by atoms with van der Waals surface area (Å²) in [5, 5.41) is 6.55. The summed E-state index contributed by atoms with van der Waals surface area (Å²) in [4.78, 5) is 16.4. The number of aryl methyl sites for hydroxylation is 1. The van der Waals surface area contributed by atoms with Gasteiger partial charge in [-0.2, -0.15) is 0 Å². The normalized spacial score (nSPS) is 11.0. The molecule has 0 fully saturated rings. The number of hydrogen-bond acceptors (Lipinski definition) is 5. The highest BCUT2D eigenvalue weighted by atomic mass is 16.5. The molecule has 2 N–H and O–H groups in total. The summed E-state index contributed by atoms with van der Waals surface area (Å²) in [6, 6.07) is 11.4. The number of hydrogen-bond donors (Lipinski definition) is 2. The zero-order valence-electron chi connectivity index (χ0n) is 17.7. The Morgan fingerprint density at radius 1 is 1.00 bits per heavy atom. The fourth-order valence-electron chi connectivity index (χ4n) is 2.80. The van der Waals surface area contributed by atoms with E-state index in [1.54, 1.807) is 19.2 Å². The fourth-order valence-corrected chi connectivity index (χ4v) is 2.80. The molecule has 0 aliphatic rings. The van der Waals surface area contributed by atoms with Crippen molar-refractivity contribution in [2.24, 2.45) is 4.99 Å². The second kappa shape index (κ2) is 10.9. The van der Waals surface area contributed by atoms with Crippen LogP contribution >= 0.6 is 0 Å². The quantitative estimate of drug-likeness (QED) is 0.403. The van der Waals surface area contributed by atoms with E-state index in [4.69, 9.17) is 14.2 Å². The highest BCUT2D eigenvalue weighted by molar-refractivity contribution is 5.92. The van der Waals surface area contributed by atoms with Gasteiger partial charge in [-0.25, -0.2) is 9.79 Å². The fraction of sp³-hybridized carbons (Fsp3) is 0.364. The monoisotopic (exact) mass is 399 g/mol. The number of aliphatic imine (C=N–C) groups is 1. The molecular weight excluding hydrogens is 370 g/mol. The van der Waals surface area contributed by atoms with Gasteiger partial charge in [-0.05, 0) is 43.2 Å². The molecule has 2 aromatic carbocycles. The largest absolute Gasteiger partial charge is 0.496 e. The average molecular weight is 399 g/mol. The SMILES string of the molecule is CCNC(=NCc1ccc(C(=O)OC)c(OC)c1)NCc1ccc(C)cc1OC. The summed E-state index contributed by atoms with van der Waals surface area (Å²) in [5.74, 6) is 1.56. The molecular formula is C22H29N3O4. The molecule has 7 nitrogen and oxygen atoms in total. The number of esters is 1. The molecule has 0 heterocycles. The highest BCUT2D eigenvalue weighted by Crippen LogP contribution is 2.22. The lowest BCUT2D eigenvalue weighted by atomic mass is 10.1. The number of nitrogens with one attached hydrogen (secondary N) is 2. The van der Waals surface area contributed by atoms with Crippen molar-refractivity contribution in [2.75, 3.05) is 27.9 Å². The third-order valence-corrected chi connectivity index (χ3v) is 4.32. The van der Waals surface area contributed by atoms with Crippen molar-refractivity contribution in [3.63, 3.8) is 0 Å². The Balaban J connectivity index is 2.12. The Hall–Kier alpha value is -3.22. The van der Waals surface area contributed by atoms with Crippen LogP contribution in [0.2, 0.25) is 0 Å². The molecule has 156 valence electrons. The highest BCUT2D eigenvalue weighted by Gasteiger charge is 2.13. The first-order chi connectivity index (χ1) is 14.0. The van der Waals surface area contributed by atoms with Gasteiger partial charge in [0.25, 0.3) is 0 Å². The summed E-state index contributed by atoms with van der Waals surface area (Å²) >= 11 is 0. The van der Waals surface area contributed by atoms with E-state index in [2.05, 4.69) is 21.7 Å². The van der Waals surface area contributed by atoms with Gasteiger partial charge >= 0.3 is 5.97 Å². The van der Waals surface area contributed by atoms with Crippen LogP contribution in [0.15, 0.2) is 41.4 Å². The van der Waals surface area contributed by atoms with Crippen LogP contribution in [0.4, 0.5) is 0 Å². The van der Waals surface area contributed by atoms with Crippen molar-refractivity contribution in [2.45, 2.75) is 26.9 Å². The summed E-state index contributed by atoms with van der Waals surface area (Å²) < 4.78 is 15.5. The van der Waals surface area contributed by atoms with Crippen molar-refractivity contribution in [1.82, 2.24) is 10.6 Å². The minimum Gasteiger partial charge on any atom is -0.496 e. The predicted molar refractivity (Wildman–Crippen MR) is 114 cm³/mol. The molecule has 29 heavy (non-hydrogen) atoms. The van der Waals surface area contributed by atoms with Crippen molar-refractivity contribution < 1.29 is 19.0 Å². The first kappa shape index (κ1) is 22.1. The van der Waals surface area contributed by atoms with E-state index in [1.165, 1.54) is 14.2 Å². The first-order valence-corrected chi connectivity index (χ1v) is 9.43. The Morgan fingerprint density at radius 3 is 2.41 bits per heavy atom. The number of guanidine groups is 1. The molecule has 0 bridgehead atoms. The lowest BCUT2D eigenvalue weighted by Gasteiger charge is -2.14. The van der Waals surface area contributed by atoms with Gasteiger partial charge in [-0.1, -0.05) is 18.2 Å². The Morgan fingerprint density at radius 2 is 1.76 bits per heavy atom. The van der Waals surface area contributed by atoms with Crippen molar-refractivity contribution in [3.05, 3.63) is 58.7 Å². The van der Waals surface area contributed by atoms with E-state index in [0.29, 0.717) is 30.4 Å². The molecule has 0 unspecified atom stereocenters. The standard InChI is InChI=1S/C22H29N3O4/c1-6-23-22(25-14-17-9-7-15(2)11-19(17)27-3)24-13-16-8-10-18(21(26)29-5)20(12-16)28-4/h7-12H,6,13-14H2,1-5H3,(H2,23,24,25). The van der Waals surface area contributed by atoms with E-state index in [-0.39, 0.29) is 0 Å². The van der Waals surface area contributed by atoms with E-state index < -0.39 is 5.97 Å². The number of nitrogens with zero attached hydrogens (tertiary/aromatic N) is 1. The average Bonchev–Trinajstić information content (AvgIpc) is 2.75. The molecule has 0 atom stereocenters. The number of ether oxygens (including phenoxy) is 3. The summed E-state index contributed by atoms with van der Waals surface area (Å²) in [5.41, 5.74) is 3.50. The summed E-state index contributed by atoms with van der Waals surface area (Å²) in [6.07, 6.45) is 0. The molecule has 0 saturated heterocycles. The van der Waals surface area contributed by atoms with E-state index in [9.17, 15) is 4.79 Å². The molecule has 0 aromatic heterocycles. The van der Waals surface area contributed by atoms with Crippen molar-refractivity contribution in [1.29, 1.82) is 0 Å². The van der Waals surface area contributed by atoms with Gasteiger partial charge in [0.05, 0.1) is 27.9 Å². The predicted octanol–water partition coefficient (Wildman–Crippen LogP) is 3.05. The molecule has 0 aliphatic heterocycles. The van der Waals surface area contributed by atoms with Gasteiger partial charge in [0.15, 0.2) is 5.96 Å². The smallest absolute Gasteiger partial charge is 0.341 e. The maximum absolute atomic E-state index is 11.8. The van der Waals surface area contributed by atoms with Crippen LogP contribution in [0.5, 0.6) is 11.5 Å². The Kier molecular flexibility index (Phi) is 8.33. The van der Waals surface area contributed by atoms with Crippen molar-refractivity contribution >= 4 is 11.9 Å². The van der Waals surface area contributed by atoms with Crippen LogP contribution in [-0.2, 0) is 17.8 Å². The van der Waals surface area contributed by atoms with Crippen LogP contribution < -0.4 is 20.1 Å². The van der Waals surface area contributed by atoms with Crippen LogP contribution in [0.3, 0.4) is 0 Å². The second-order valence-corrected chi connectivity index (χ2v) is 6.39. The topological polar surface area (TPSA) is 81.2 Å². The maximum Gasteiger partial charge on any atom is 0.341 e. The third-order valence-electron chi connectivity index (χ3n) is 4.32. The minimum atomic E-state index is -0.432. The lowest BCUT2D eigenvalue weighted by Crippen LogP contribution is -2.36. The number of rotatable bonds is 8. The number of benzene rings is 2. The molecule has 2 aromatic rings. The van der Waals surface area contributed by atoms with Crippen molar-refractivity contribution in [3.8, 4) is 11.5 Å². The van der Waals surface area contributed by atoms with Crippen LogP contribution in [0.25, 0.3) is 0 Å². The summed E-state index contributed by atoms with van der Waals surface area (Å²) in [6.45, 7) is 5.79.